The molecule has 0 radical (unpaired) electrons. The zero-order chi connectivity index (χ0) is 13.0. The van der Waals surface area contributed by atoms with Crippen molar-refractivity contribution in [2.75, 3.05) is 7.11 Å². The molecule has 0 bridgehead atoms. The number of hydrogen-bond donors (Lipinski definition) is 0. The van der Waals surface area contributed by atoms with Crippen LogP contribution in [-0.4, -0.2) is 7.11 Å². The van der Waals surface area contributed by atoms with E-state index in [0.29, 0.717) is 6.61 Å². The van der Waals surface area contributed by atoms with Gasteiger partial charge in [0.25, 0.3) is 0 Å². The second-order valence-electron chi connectivity index (χ2n) is 4.03. The maximum absolute atomic E-state index is 5.85. The number of methoxy groups -OCH3 is 1. The molecule has 0 aliphatic rings. The summed E-state index contributed by atoms with van der Waals surface area (Å²) < 4.78 is 12.0. The van der Waals surface area contributed by atoms with E-state index < -0.39 is 0 Å². The molecule has 0 aliphatic heterocycles. The van der Waals surface area contributed by atoms with Crippen molar-refractivity contribution in [2.24, 2.45) is 0 Å². The van der Waals surface area contributed by atoms with Crippen molar-refractivity contribution >= 4 is 15.9 Å². The summed E-state index contributed by atoms with van der Waals surface area (Å²) in [7, 11) is 1.66. The lowest BCUT2D eigenvalue weighted by Gasteiger charge is -2.12. The van der Waals surface area contributed by atoms with E-state index in [0.717, 1.165) is 27.1 Å². The van der Waals surface area contributed by atoms with Gasteiger partial charge in [-0.3, -0.25) is 0 Å². The molecule has 0 aromatic heterocycles. The first-order valence-electron chi connectivity index (χ1n) is 5.71. The quantitative estimate of drug-likeness (QED) is 0.836. The number of aryl methyl sites for hydroxylation is 1. The highest BCUT2D eigenvalue weighted by Gasteiger charge is 2.08. The van der Waals surface area contributed by atoms with Gasteiger partial charge in [-0.2, -0.15) is 0 Å². The second kappa shape index (κ2) is 5.91. The van der Waals surface area contributed by atoms with Crippen LogP contribution in [0.15, 0.2) is 46.9 Å². The van der Waals surface area contributed by atoms with Crippen LogP contribution in [0.25, 0.3) is 0 Å². The van der Waals surface area contributed by atoms with Gasteiger partial charge >= 0.3 is 0 Å². The van der Waals surface area contributed by atoms with Crippen LogP contribution >= 0.6 is 15.9 Å². The lowest BCUT2D eigenvalue weighted by atomic mass is 10.2. The van der Waals surface area contributed by atoms with Crippen molar-refractivity contribution < 1.29 is 9.47 Å². The molecule has 0 amide bonds. The summed E-state index contributed by atoms with van der Waals surface area (Å²) in [5, 5.41) is 0. The van der Waals surface area contributed by atoms with Crippen LogP contribution in [0.1, 0.15) is 11.1 Å². The van der Waals surface area contributed by atoms with Crippen LogP contribution in [0.2, 0.25) is 0 Å². The van der Waals surface area contributed by atoms with E-state index in [-0.39, 0.29) is 0 Å². The van der Waals surface area contributed by atoms with Gasteiger partial charge in [-0.1, -0.05) is 30.3 Å². The number of benzene rings is 2. The van der Waals surface area contributed by atoms with Crippen molar-refractivity contribution in [1.29, 1.82) is 0 Å². The Kier molecular flexibility index (Phi) is 4.26. The number of rotatable bonds is 4. The number of hydrogen-bond acceptors (Lipinski definition) is 2. The van der Waals surface area contributed by atoms with Gasteiger partial charge in [0.2, 0.25) is 0 Å². The van der Waals surface area contributed by atoms with Crippen molar-refractivity contribution in [3.63, 3.8) is 0 Å². The second-order valence-corrected chi connectivity index (χ2v) is 4.88. The molecule has 94 valence electrons. The third-order valence-electron chi connectivity index (χ3n) is 2.66. The summed E-state index contributed by atoms with van der Waals surface area (Å²) in [6, 6.07) is 14.0. The molecule has 0 spiro atoms. The van der Waals surface area contributed by atoms with Gasteiger partial charge in [-0.25, -0.2) is 0 Å². The maximum Gasteiger partial charge on any atom is 0.137 e. The maximum atomic E-state index is 5.85. The lowest BCUT2D eigenvalue weighted by molar-refractivity contribution is 0.301. The largest absolute Gasteiger partial charge is 0.497 e. The van der Waals surface area contributed by atoms with Crippen LogP contribution in [0.3, 0.4) is 0 Å². The molecule has 2 nitrogen and oxygen atoms in total. The average Bonchev–Trinajstić information content (AvgIpc) is 2.38. The molecule has 0 saturated carbocycles. The Morgan fingerprint density at radius 2 is 1.83 bits per heavy atom. The summed E-state index contributed by atoms with van der Waals surface area (Å²) in [6.45, 7) is 2.57. The van der Waals surface area contributed by atoms with Gasteiger partial charge in [0, 0.05) is 0 Å². The lowest BCUT2D eigenvalue weighted by Crippen LogP contribution is -1.98. The fourth-order valence-corrected chi connectivity index (χ4v) is 2.38. The van der Waals surface area contributed by atoms with Crippen LogP contribution in [0, 0.1) is 6.92 Å². The van der Waals surface area contributed by atoms with E-state index in [1.165, 1.54) is 0 Å². The molecule has 18 heavy (non-hydrogen) atoms. The molecule has 2 aromatic carbocycles. The topological polar surface area (TPSA) is 18.5 Å². The third-order valence-corrected chi connectivity index (χ3v) is 3.25. The first kappa shape index (κ1) is 13.0. The van der Waals surface area contributed by atoms with E-state index in [2.05, 4.69) is 15.9 Å². The number of halogens is 1. The van der Waals surface area contributed by atoms with Crippen molar-refractivity contribution in [1.82, 2.24) is 0 Å². The Hall–Kier alpha value is -1.48. The predicted octanol–water partition coefficient (Wildman–Crippen LogP) is 4.35. The molecule has 0 heterocycles. The van der Waals surface area contributed by atoms with Crippen LogP contribution in [0.5, 0.6) is 11.5 Å². The zero-order valence-electron chi connectivity index (χ0n) is 10.4. The first-order chi connectivity index (χ1) is 8.70. The van der Waals surface area contributed by atoms with Crippen LogP contribution in [0.4, 0.5) is 0 Å². The minimum Gasteiger partial charge on any atom is -0.497 e. The Morgan fingerprint density at radius 3 is 2.44 bits per heavy atom. The van der Waals surface area contributed by atoms with Gasteiger partial charge in [0.15, 0.2) is 0 Å². The summed E-state index contributed by atoms with van der Waals surface area (Å²) in [5.74, 6) is 1.69. The normalized spacial score (nSPS) is 10.2. The molecule has 0 unspecified atom stereocenters. The average molecular weight is 307 g/mol. The van der Waals surface area contributed by atoms with E-state index in [4.69, 9.17) is 9.47 Å². The molecule has 2 rings (SSSR count). The minimum atomic E-state index is 0.562. The predicted molar refractivity (Wildman–Crippen MR) is 76.2 cm³/mol. The molecular formula is C15H15BrO2. The van der Waals surface area contributed by atoms with E-state index in [1.807, 2.05) is 49.4 Å². The molecule has 2 aromatic rings. The molecule has 3 heteroatoms. The van der Waals surface area contributed by atoms with E-state index in [1.54, 1.807) is 7.11 Å². The summed E-state index contributed by atoms with van der Waals surface area (Å²) in [5.41, 5.74) is 2.21. The third kappa shape index (κ3) is 3.05. The highest BCUT2D eigenvalue weighted by atomic mass is 79.9. The Balaban J connectivity index is 2.15. The van der Waals surface area contributed by atoms with E-state index >= 15 is 0 Å². The monoisotopic (exact) mass is 306 g/mol. The standard InChI is InChI=1S/C15H15BrO2/c1-11-8-13(17-2)9-14(16)15(11)18-10-12-6-4-3-5-7-12/h3-9H,10H2,1-2H3. The van der Waals surface area contributed by atoms with Crippen molar-refractivity contribution in [3.8, 4) is 11.5 Å². The minimum absolute atomic E-state index is 0.562. The van der Waals surface area contributed by atoms with Crippen molar-refractivity contribution in [3.05, 3.63) is 58.1 Å². The van der Waals surface area contributed by atoms with Gasteiger partial charge in [0.1, 0.15) is 18.1 Å². The Bertz CT molecular complexity index is 500. The van der Waals surface area contributed by atoms with Gasteiger partial charge in [0.05, 0.1) is 11.6 Å². The fraction of sp³-hybridized carbons (Fsp3) is 0.200. The van der Waals surface area contributed by atoms with Crippen molar-refractivity contribution in [2.45, 2.75) is 13.5 Å². The van der Waals surface area contributed by atoms with Gasteiger partial charge in [-0.05, 0) is 46.1 Å². The van der Waals surface area contributed by atoms with E-state index in [9.17, 15) is 0 Å². The highest BCUT2D eigenvalue weighted by Crippen LogP contribution is 2.33. The molecular weight excluding hydrogens is 292 g/mol. The summed E-state index contributed by atoms with van der Waals surface area (Å²) in [6.07, 6.45) is 0. The summed E-state index contributed by atoms with van der Waals surface area (Å²) in [4.78, 5) is 0. The van der Waals surface area contributed by atoms with Gasteiger partial charge < -0.3 is 9.47 Å². The molecule has 0 fully saturated rings. The summed E-state index contributed by atoms with van der Waals surface area (Å²) >= 11 is 3.51. The fourth-order valence-electron chi connectivity index (χ4n) is 1.73. The number of ether oxygens (including phenoxy) is 2. The molecule has 0 N–H and O–H groups in total. The molecule has 0 atom stereocenters. The molecule has 0 saturated heterocycles. The zero-order valence-corrected chi connectivity index (χ0v) is 12.0. The van der Waals surface area contributed by atoms with Crippen LogP contribution in [-0.2, 0) is 6.61 Å². The highest BCUT2D eigenvalue weighted by molar-refractivity contribution is 9.10. The van der Waals surface area contributed by atoms with Gasteiger partial charge in [-0.15, -0.1) is 0 Å². The van der Waals surface area contributed by atoms with Crippen LogP contribution < -0.4 is 9.47 Å². The smallest absolute Gasteiger partial charge is 0.137 e. The Labute approximate surface area is 116 Å². The molecule has 0 aliphatic carbocycles. The SMILES string of the molecule is COc1cc(C)c(OCc2ccccc2)c(Br)c1. The first-order valence-corrected chi connectivity index (χ1v) is 6.51. The Morgan fingerprint density at radius 1 is 1.11 bits per heavy atom.